The summed E-state index contributed by atoms with van der Waals surface area (Å²) in [5.41, 5.74) is 6.86. The summed E-state index contributed by atoms with van der Waals surface area (Å²) in [5, 5.41) is 21.0. The van der Waals surface area contributed by atoms with Crippen molar-refractivity contribution >= 4 is 16.9 Å². The Balaban J connectivity index is 1.79. The first-order valence-electron chi connectivity index (χ1n) is 10.4. The highest BCUT2D eigenvalue weighted by atomic mass is 16.6. The number of aromatic nitrogens is 5. The van der Waals surface area contributed by atoms with Gasteiger partial charge in [-0.25, -0.2) is 14.6 Å². The van der Waals surface area contributed by atoms with Crippen molar-refractivity contribution in [3.63, 3.8) is 0 Å². The van der Waals surface area contributed by atoms with Crippen LogP contribution in [0.25, 0.3) is 22.6 Å². The normalized spacial score (nSPS) is 16.8. The number of nitrogens with two attached hydrogens (primary N) is 1. The maximum atomic E-state index is 10.1. The van der Waals surface area contributed by atoms with E-state index < -0.39 is 5.60 Å². The molecule has 0 aliphatic carbocycles. The Labute approximate surface area is 180 Å². The molecule has 4 rings (SSSR count). The van der Waals surface area contributed by atoms with Gasteiger partial charge in [-0.3, -0.25) is 0 Å². The van der Waals surface area contributed by atoms with Gasteiger partial charge in [0.1, 0.15) is 16.8 Å². The first-order chi connectivity index (χ1) is 14.9. The van der Waals surface area contributed by atoms with Gasteiger partial charge in [0.15, 0.2) is 17.3 Å². The van der Waals surface area contributed by atoms with E-state index in [1.165, 1.54) is 0 Å². The average molecular weight is 425 g/mol. The lowest BCUT2D eigenvalue weighted by atomic mass is 10.0. The number of hydrogen-bond acceptors (Lipinski definition) is 9. The minimum atomic E-state index is -1.17. The fourth-order valence-electron chi connectivity index (χ4n) is 3.59. The number of nitrogen functional groups attached to an aromatic ring is 1. The standard InChI is InChI=1S/C21H27N7O3/c1-4-28-15-10-16(30-12-13-6-5-9-23-11-13)24-14(7-8-21(2,3)29)17(15)25-20(28)18-19(22)27-31-26-18/h10,13,23,29H,4-6,9,11-12H2,1-3H3,(H2,22,27). The Morgan fingerprint density at radius 1 is 1.39 bits per heavy atom. The number of aryl methyl sites for hydroxylation is 1. The number of piperidine rings is 1. The van der Waals surface area contributed by atoms with Crippen LogP contribution < -0.4 is 15.8 Å². The van der Waals surface area contributed by atoms with Crippen molar-refractivity contribution in [2.45, 2.75) is 45.8 Å². The van der Waals surface area contributed by atoms with Gasteiger partial charge in [0.25, 0.3) is 0 Å². The molecule has 0 bridgehead atoms. The van der Waals surface area contributed by atoms with E-state index in [1.807, 2.05) is 17.6 Å². The van der Waals surface area contributed by atoms with Crippen LogP contribution in [0.15, 0.2) is 10.7 Å². The van der Waals surface area contributed by atoms with Crippen LogP contribution in [-0.2, 0) is 6.54 Å². The van der Waals surface area contributed by atoms with Gasteiger partial charge in [-0.05, 0) is 56.4 Å². The Kier molecular flexibility index (Phi) is 5.80. The zero-order valence-corrected chi connectivity index (χ0v) is 18.0. The van der Waals surface area contributed by atoms with E-state index in [9.17, 15) is 5.11 Å². The molecule has 4 N–H and O–H groups in total. The van der Waals surface area contributed by atoms with E-state index in [0.717, 1.165) is 31.4 Å². The molecule has 1 aliphatic heterocycles. The third-order valence-electron chi connectivity index (χ3n) is 5.11. The van der Waals surface area contributed by atoms with Crippen molar-refractivity contribution in [1.82, 2.24) is 30.2 Å². The quantitative estimate of drug-likeness (QED) is 0.520. The average Bonchev–Trinajstić information content (AvgIpc) is 3.33. The number of imidazole rings is 1. The largest absolute Gasteiger partial charge is 0.477 e. The second kappa shape index (κ2) is 8.53. The lowest BCUT2D eigenvalue weighted by Crippen LogP contribution is -2.33. The molecule has 0 aromatic carbocycles. The van der Waals surface area contributed by atoms with Gasteiger partial charge in [-0.15, -0.1) is 0 Å². The fourth-order valence-corrected chi connectivity index (χ4v) is 3.59. The molecule has 1 atom stereocenters. The number of hydrogen-bond donors (Lipinski definition) is 3. The summed E-state index contributed by atoms with van der Waals surface area (Å²) in [7, 11) is 0. The minimum absolute atomic E-state index is 0.156. The molecule has 0 saturated carbocycles. The molecule has 164 valence electrons. The second-order valence-electron chi connectivity index (χ2n) is 8.19. The van der Waals surface area contributed by atoms with Crippen LogP contribution in [0.2, 0.25) is 0 Å². The first-order valence-corrected chi connectivity index (χ1v) is 10.4. The third kappa shape index (κ3) is 4.62. The van der Waals surface area contributed by atoms with E-state index in [2.05, 4.69) is 37.4 Å². The van der Waals surface area contributed by atoms with Crippen molar-refractivity contribution in [3.8, 4) is 29.2 Å². The first kappa shape index (κ1) is 21.1. The number of rotatable bonds is 5. The predicted molar refractivity (Wildman–Crippen MR) is 115 cm³/mol. The van der Waals surface area contributed by atoms with Gasteiger partial charge in [-0.1, -0.05) is 5.92 Å². The molecule has 1 fully saturated rings. The van der Waals surface area contributed by atoms with E-state index in [1.54, 1.807) is 13.8 Å². The van der Waals surface area contributed by atoms with Crippen LogP contribution in [0.5, 0.6) is 5.88 Å². The summed E-state index contributed by atoms with van der Waals surface area (Å²) in [6, 6.07) is 1.85. The SMILES string of the molecule is CCn1c(-c2nonc2N)nc2c(C#CC(C)(C)O)nc(OCC3CCCNC3)cc21. The monoisotopic (exact) mass is 425 g/mol. The molecule has 10 heteroatoms. The predicted octanol–water partition coefficient (Wildman–Crippen LogP) is 1.58. The number of nitrogens with one attached hydrogen (secondary N) is 1. The van der Waals surface area contributed by atoms with E-state index in [4.69, 9.17) is 15.1 Å². The maximum absolute atomic E-state index is 10.1. The van der Waals surface area contributed by atoms with Gasteiger partial charge in [-0.2, -0.15) is 0 Å². The molecular weight excluding hydrogens is 398 g/mol. The number of pyridine rings is 1. The summed E-state index contributed by atoms with van der Waals surface area (Å²) in [5.74, 6) is 7.34. The zero-order valence-electron chi connectivity index (χ0n) is 18.0. The summed E-state index contributed by atoms with van der Waals surface area (Å²) < 4.78 is 12.8. The van der Waals surface area contributed by atoms with Gasteiger partial charge in [0, 0.05) is 25.1 Å². The topological polar surface area (TPSA) is 137 Å². The van der Waals surface area contributed by atoms with Crippen molar-refractivity contribution in [2.24, 2.45) is 5.92 Å². The molecule has 0 radical (unpaired) electrons. The van der Waals surface area contributed by atoms with Crippen molar-refractivity contribution < 1.29 is 14.5 Å². The number of nitrogens with zero attached hydrogens (tertiary/aromatic N) is 5. The molecule has 0 spiro atoms. The van der Waals surface area contributed by atoms with Crippen molar-refractivity contribution in [3.05, 3.63) is 11.8 Å². The van der Waals surface area contributed by atoms with Gasteiger partial charge < -0.3 is 25.5 Å². The number of anilines is 1. The highest BCUT2D eigenvalue weighted by Gasteiger charge is 2.22. The molecule has 1 saturated heterocycles. The van der Waals surface area contributed by atoms with E-state index in [-0.39, 0.29) is 5.82 Å². The fraction of sp³-hybridized carbons (Fsp3) is 0.524. The van der Waals surface area contributed by atoms with Crippen LogP contribution in [0, 0.1) is 17.8 Å². The second-order valence-corrected chi connectivity index (χ2v) is 8.19. The van der Waals surface area contributed by atoms with Gasteiger partial charge in [0.05, 0.1) is 12.1 Å². The zero-order chi connectivity index (χ0) is 22.0. The molecule has 4 heterocycles. The van der Waals surface area contributed by atoms with Crippen molar-refractivity contribution in [1.29, 1.82) is 0 Å². The smallest absolute Gasteiger partial charge is 0.216 e. The Bertz CT molecular complexity index is 1130. The molecule has 31 heavy (non-hydrogen) atoms. The number of ether oxygens (including phenoxy) is 1. The van der Waals surface area contributed by atoms with E-state index >= 15 is 0 Å². The Morgan fingerprint density at radius 3 is 2.87 bits per heavy atom. The van der Waals surface area contributed by atoms with Gasteiger partial charge in [0.2, 0.25) is 5.88 Å². The molecule has 1 aliphatic rings. The number of aliphatic hydroxyl groups is 1. The van der Waals surface area contributed by atoms with Crippen molar-refractivity contribution in [2.75, 3.05) is 25.4 Å². The van der Waals surface area contributed by atoms with Crippen LogP contribution in [0.3, 0.4) is 0 Å². The molecular formula is C21H27N7O3. The van der Waals surface area contributed by atoms with Crippen LogP contribution in [0.4, 0.5) is 5.82 Å². The third-order valence-corrected chi connectivity index (χ3v) is 5.11. The highest BCUT2D eigenvalue weighted by molar-refractivity contribution is 5.86. The van der Waals surface area contributed by atoms with Crippen LogP contribution in [-0.4, -0.2) is 55.3 Å². The lowest BCUT2D eigenvalue weighted by Gasteiger charge is -2.22. The lowest BCUT2D eigenvalue weighted by molar-refractivity contribution is 0.143. The minimum Gasteiger partial charge on any atom is -0.477 e. The van der Waals surface area contributed by atoms with Crippen LogP contribution >= 0.6 is 0 Å². The van der Waals surface area contributed by atoms with Crippen LogP contribution in [0.1, 0.15) is 39.3 Å². The molecule has 0 amide bonds. The van der Waals surface area contributed by atoms with E-state index in [0.29, 0.717) is 47.7 Å². The summed E-state index contributed by atoms with van der Waals surface area (Å²) in [4.78, 5) is 9.27. The van der Waals surface area contributed by atoms with Gasteiger partial charge >= 0.3 is 0 Å². The molecule has 3 aromatic rings. The molecule has 10 nitrogen and oxygen atoms in total. The summed E-state index contributed by atoms with van der Waals surface area (Å²) >= 11 is 0. The Morgan fingerprint density at radius 2 is 2.23 bits per heavy atom. The highest BCUT2D eigenvalue weighted by Crippen LogP contribution is 2.30. The molecule has 3 aromatic heterocycles. The Hall–Kier alpha value is -3.16. The number of fused-ring (bicyclic) bond motifs is 1. The summed E-state index contributed by atoms with van der Waals surface area (Å²) in [6.45, 7) is 8.38. The maximum Gasteiger partial charge on any atom is 0.216 e. The molecule has 1 unspecified atom stereocenters. The summed E-state index contributed by atoms with van der Waals surface area (Å²) in [6.07, 6.45) is 2.26.